The first-order chi connectivity index (χ1) is 12.1. The second-order valence-electron chi connectivity index (χ2n) is 6.40. The summed E-state index contributed by atoms with van der Waals surface area (Å²) in [5, 5.41) is 15.3. The van der Waals surface area contributed by atoms with Gasteiger partial charge in [-0.25, -0.2) is 0 Å². The highest BCUT2D eigenvalue weighted by Crippen LogP contribution is 2.39. The molecule has 1 aliphatic rings. The highest BCUT2D eigenvalue weighted by atomic mass is 16.5. The van der Waals surface area contributed by atoms with E-state index in [1.807, 2.05) is 54.6 Å². The smallest absolute Gasteiger partial charge is 0.240 e. The molecule has 3 rings (SSSR count). The zero-order chi connectivity index (χ0) is 17.7. The summed E-state index contributed by atoms with van der Waals surface area (Å²) in [6.07, 6.45) is 1.98. The topological polar surface area (TPSA) is 74.2 Å². The average Bonchev–Trinajstić information content (AvgIpc) is 3.47. The molecule has 0 saturated heterocycles. The second kappa shape index (κ2) is 7.27. The van der Waals surface area contributed by atoms with Crippen molar-refractivity contribution < 1.29 is 9.53 Å². The number of para-hydroxylation sites is 3. The Morgan fingerprint density at radius 3 is 2.56 bits per heavy atom. The third-order valence-corrected chi connectivity index (χ3v) is 4.32. The number of carbonyl (C=O) groups excluding carboxylic acids is 1. The number of nitriles is 1. The van der Waals surface area contributed by atoms with E-state index in [0.29, 0.717) is 5.75 Å². The molecule has 2 N–H and O–H groups in total. The molecule has 1 fully saturated rings. The van der Waals surface area contributed by atoms with Gasteiger partial charge in [0.1, 0.15) is 11.3 Å². The van der Waals surface area contributed by atoms with Gasteiger partial charge in [0, 0.05) is 0 Å². The van der Waals surface area contributed by atoms with Crippen LogP contribution in [0.5, 0.6) is 11.5 Å². The van der Waals surface area contributed by atoms with E-state index in [4.69, 9.17) is 4.74 Å². The highest BCUT2D eigenvalue weighted by molar-refractivity contribution is 5.82. The predicted octanol–water partition coefficient (Wildman–Crippen LogP) is 3.70. The van der Waals surface area contributed by atoms with Crippen molar-refractivity contribution >= 4 is 11.6 Å². The summed E-state index contributed by atoms with van der Waals surface area (Å²) in [5.41, 5.74) is -0.0506. The van der Waals surface area contributed by atoms with E-state index in [2.05, 4.69) is 16.7 Å². The lowest BCUT2D eigenvalue weighted by atomic mass is 9.98. The van der Waals surface area contributed by atoms with Gasteiger partial charge in [0.2, 0.25) is 5.91 Å². The summed E-state index contributed by atoms with van der Waals surface area (Å²) in [4.78, 5) is 12.2. The molecule has 0 unspecified atom stereocenters. The molecule has 0 radical (unpaired) electrons. The fourth-order valence-corrected chi connectivity index (χ4v) is 2.71. The molecule has 0 bridgehead atoms. The number of ether oxygens (including phenoxy) is 1. The van der Waals surface area contributed by atoms with Crippen molar-refractivity contribution in [3.63, 3.8) is 0 Å². The lowest BCUT2D eigenvalue weighted by Crippen LogP contribution is -2.48. The molecule has 1 atom stereocenters. The third kappa shape index (κ3) is 4.30. The molecule has 2 aromatic carbocycles. The van der Waals surface area contributed by atoms with Crippen molar-refractivity contribution in [3.05, 3.63) is 54.6 Å². The van der Waals surface area contributed by atoms with E-state index >= 15 is 0 Å². The Balaban J connectivity index is 1.61. The molecule has 1 aliphatic carbocycles. The minimum absolute atomic E-state index is 0.0825. The Hall–Kier alpha value is -3.00. The van der Waals surface area contributed by atoms with Crippen molar-refractivity contribution in [2.75, 3.05) is 11.9 Å². The first-order valence-corrected chi connectivity index (χ1v) is 8.39. The number of amides is 1. The summed E-state index contributed by atoms with van der Waals surface area (Å²) in [5.74, 6) is 1.43. The van der Waals surface area contributed by atoms with Gasteiger partial charge in [-0.3, -0.25) is 4.79 Å². The maximum Gasteiger partial charge on any atom is 0.240 e. The molecule has 0 aromatic heterocycles. The number of benzene rings is 2. The maximum absolute atomic E-state index is 12.2. The molecule has 5 heteroatoms. The molecule has 0 spiro atoms. The van der Waals surface area contributed by atoms with Gasteiger partial charge < -0.3 is 15.4 Å². The fourth-order valence-electron chi connectivity index (χ4n) is 2.71. The Morgan fingerprint density at radius 2 is 1.88 bits per heavy atom. The largest absolute Gasteiger partial charge is 0.455 e. The number of carbonyl (C=O) groups is 1. The number of nitrogens with one attached hydrogen (secondary N) is 2. The zero-order valence-electron chi connectivity index (χ0n) is 14.2. The van der Waals surface area contributed by atoms with Gasteiger partial charge in [-0.1, -0.05) is 30.3 Å². The Bertz CT molecular complexity index is 781. The van der Waals surface area contributed by atoms with Crippen molar-refractivity contribution in [1.29, 1.82) is 5.26 Å². The lowest BCUT2D eigenvalue weighted by Gasteiger charge is -2.23. The Morgan fingerprint density at radius 1 is 1.20 bits per heavy atom. The van der Waals surface area contributed by atoms with Crippen LogP contribution in [0.3, 0.4) is 0 Å². The predicted molar refractivity (Wildman–Crippen MR) is 96.3 cm³/mol. The average molecular weight is 335 g/mol. The SMILES string of the molecule is C[C@](C#N)(NC(=O)CNc1ccccc1Oc1ccccc1)C1CC1. The molecule has 0 aliphatic heterocycles. The van der Waals surface area contributed by atoms with Gasteiger partial charge in [-0.2, -0.15) is 5.26 Å². The van der Waals surface area contributed by atoms with Gasteiger partial charge in [0.05, 0.1) is 18.3 Å². The quantitative estimate of drug-likeness (QED) is 0.809. The summed E-state index contributed by atoms with van der Waals surface area (Å²) >= 11 is 0. The Kier molecular flexibility index (Phi) is 4.90. The number of hydrogen-bond acceptors (Lipinski definition) is 4. The van der Waals surface area contributed by atoms with Crippen LogP contribution in [0.25, 0.3) is 0 Å². The van der Waals surface area contributed by atoms with Crippen molar-refractivity contribution in [2.45, 2.75) is 25.3 Å². The zero-order valence-corrected chi connectivity index (χ0v) is 14.2. The van der Waals surface area contributed by atoms with Crippen molar-refractivity contribution in [2.24, 2.45) is 5.92 Å². The highest BCUT2D eigenvalue weighted by Gasteiger charge is 2.42. The first-order valence-electron chi connectivity index (χ1n) is 8.39. The molecule has 2 aromatic rings. The molecule has 5 nitrogen and oxygen atoms in total. The monoisotopic (exact) mass is 335 g/mol. The summed E-state index contributed by atoms with van der Waals surface area (Å²) in [6.45, 7) is 1.87. The maximum atomic E-state index is 12.2. The summed E-state index contributed by atoms with van der Waals surface area (Å²) < 4.78 is 5.87. The van der Waals surface area contributed by atoms with E-state index in [0.717, 1.165) is 24.3 Å². The van der Waals surface area contributed by atoms with Gasteiger partial charge in [-0.05, 0) is 49.9 Å². The summed E-state index contributed by atoms with van der Waals surface area (Å²) in [6, 6.07) is 19.2. The van der Waals surface area contributed by atoms with Crippen LogP contribution in [0.15, 0.2) is 54.6 Å². The molecule has 1 amide bonds. The number of hydrogen-bond donors (Lipinski definition) is 2. The van der Waals surface area contributed by atoms with E-state index < -0.39 is 5.54 Å². The van der Waals surface area contributed by atoms with Crippen LogP contribution in [-0.4, -0.2) is 18.0 Å². The molecule has 25 heavy (non-hydrogen) atoms. The van der Waals surface area contributed by atoms with Crippen molar-refractivity contribution in [3.8, 4) is 17.6 Å². The minimum atomic E-state index is -0.779. The van der Waals surface area contributed by atoms with Gasteiger partial charge in [0.15, 0.2) is 5.75 Å². The summed E-state index contributed by atoms with van der Waals surface area (Å²) in [7, 11) is 0. The Labute approximate surface area is 147 Å². The normalized spacial score (nSPS) is 15.5. The molecule has 128 valence electrons. The molecular formula is C20H21N3O2. The van der Waals surface area contributed by atoms with Crippen LogP contribution in [0.2, 0.25) is 0 Å². The minimum Gasteiger partial charge on any atom is -0.455 e. The van der Waals surface area contributed by atoms with Gasteiger partial charge in [-0.15, -0.1) is 0 Å². The van der Waals surface area contributed by atoms with E-state index in [-0.39, 0.29) is 18.4 Å². The number of rotatable bonds is 7. The van der Waals surface area contributed by atoms with Crippen LogP contribution < -0.4 is 15.4 Å². The van der Waals surface area contributed by atoms with E-state index in [9.17, 15) is 10.1 Å². The lowest BCUT2D eigenvalue weighted by molar-refractivity contribution is -0.120. The van der Waals surface area contributed by atoms with Crippen molar-refractivity contribution in [1.82, 2.24) is 5.32 Å². The molecule has 0 heterocycles. The molecule has 1 saturated carbocycles. The van der Waals surface area contributed by atoms with Crippen LogP contribution in [0, 0.1) is 17.2 Å². The van der Waals surface area contributed by atoms with Gasteiger partial charge >= 0.3 is 0 Å². The third-order valence-electron chi connectivity index (χ3n) is 4.32. The first kappa shape index (κ1) is 16.8. The van der Waals surface area contributed by atoms with E-state index in [1.165, 1.54) is 0 Å². The second-order valence-corrected chi connectivity index (χ2v) is 6.40. The van der Waals surface area contributed by atoms with Gasteiger partial charge in [0.25, 0.3) is 0 Å². The number of nitrogens with zero attached hydrogens (tertiary/aromatic N) is 1. The van der Waals surface area contributed by atoms with E-state index in [1.54, 1.807) is 6.92 Å². The standard InChI is InChI=1S/C20H21N3O2/c1-20(14-21,15-11-12-15)23-19(24)13-22-17-9-5-6-10-18(17)25-16-7-3-2-4-8-16/h2-10,15,22H,11-13H2,1H3,(H,23,24)/t20-/m1/s1. The fraction of sp³-hybridized carbons (Fsp3) is 0.300. The van der Waals surface area contributed by atoms with Crippen LogP contribution in [-0.2, 0) is 4.79 Å². The number of anilines is 1. The molecular weight excluding hydrogens is 314 g/mol. The van der Waals surface area contributed by atoms with Crippen LogP contribution in [0.4, 0.5) is 5.69 Å². The van der Waals surface area contributed by atoms with Crippen LogP contribution in [0.1, 0.15) is 19.8 Å². The van der Waals surface area contributed by atoms with Crippen LogP contribution >= 0.6 is 0 Å².